The van der Waals surface area contributed by atoms with E-state index in [1.807, 2.05) is 38.4 Å². The standard InChI is InChI=1S/C27H28N4O/c1-16-17(2)22(26(28)32)11-10-21(16)24-15-31-27-23(24)13-20(14-30-27)18-6-8-19(9-7-18)25-5-3-4-12-29-25/h6-11,13-15,25,29H,3-5,12H2,1-2H3,(H2,28,32)(H,30,31). The molecular formula is C27H28N4O. The normalized spacial score (nSPS) is 16.4. The van der Waals surface area contributed by atoms with E-state index in [1.54, 1.807) is 0 Å². The highest BCUT2D eigenvalue weighted by molar-refractivity contribution is 5.99. The van der Waals surface area contributed by atoms with E-state index in [-0.39, 0.29) is 0 Å². The van der Waals surface area contributed by atoms with Crippen molar-refractivity contribution in [2.75, 3.05) is 6.54 Å². The largest absolute Gasteiger partial charge is 0.366 e. The summed E-state index contributed by atoms with van der Waals surface area (Å²) >= 11 is 0. The van der Waals surface area contributed by atoms with E-state index in [4.69, 9.17) is 5.73 Å². The second-order valence-corrected chi connectivity index (χ2v) is 8.72. The molecule has 1 saturated heterocycles. The van der Waals surface area contributed by atoms with E-state index in [9.17, 15) is 4.79 Å². The maximum Gasteiger partial charge on any atom is 0.248 e. The van der Waals surface area contributed by atoms with Gasteiger partial charge in [-0.25, -0.2) is 4.98 Å². The van der Waals surface area contributed by atoms with E-state index in [2.05, 4.69) is 45.6 Å². The Morgan fingerprint density at radius 3 is 2.53 bits per heavy atom. The quantitative estimate of drug-likeness (QED) is 0.409. The number of amides is 1. The van der Waals surface area contributed by atoms with Crippen molar-refractivity contribution in [2.24, 2.45) is 5.73 Å². The van der Waals surface area contributed by atoms with Gasteiger partial charge in [0, 0.05) is 40.5 Å². The number of benzene rings is 2. The molecule has 2 aromatic carbocycles. The van der Waals surface area contributed by atoms with Gasteiger partial charge in [0.25, 0.3) is 0 Å². The van der Waals surface area contributed by atoms with E-state index in [1.165, 1.54) is 24.8 Å². The van der Waals surface area contributed by atoms with Crippen LogP contribution in [0.25, 0.3) is 33.3 Å². The fourth-order valence-electron chi connectivity index (χ4n) is 4.81. The van der Waals surface area contributed by atoms with Crippen LogP contribution in [-0.4, -0.2) is 22.4 Å². The number of hydrogen-bond donors (Lipinski definition) is 3. The molecule has 3 heterocycles. The summed E-state index contributed by atoms with van der Waals surface area (Å²) in [7, 11) is 0. The van der Waals surface area contributed by atoms with Crippen LogP contribution in [0, 0.1) is 13.8 Å². The van der Waals surface area contributed by atoms with Crippen molar-refractivity contribution < 1.29 is 4.79 Å². The molecule has 0 radical (unpaired) electrons. The molecule has 4 aromatic rings. The third kappa shape index (κ3) is 3.59. The zero-order valence-electron chi connectivity index (χ0n) is 18.5. The number of aromatic amines is 1. The number of aromatic nitrogens is 2. The molecule has 2 aromatic heterocycles. The topological polar surface area (TPSA) is 83.8 Å². The van der Waals surface area contributed by atoms with Gasteiger partial charge < -0.3 is 16.0 Å². The van der Waals surface area contributed by atoms with E-state index in [0.717, 1.165) is 51.0 Å². The number of nitrogens with zero attached hydrogens (tertiary/aromatic N) is 1. The molecule has 1 aliphatic rings. The average molecular weight is 425 g/mol. The first kappa shape index (κ1) is 20.5. The first-order valence-corrected chi connectivity index (χ1v) is 11.2. The third-order valence-corrected chi connectivity index (χ3v) is 6.83. The van der Waals surface area contributed by atoms with Crippen LogP contribution in [0.2, 0.25) is 0 Å². The van der Waals surface area contributed by atoms with Crippen molar-refractivity contribution in [3.63, 3.8) is 0 Å². The van der Waals surface area contributed by atoms with Crippen LogP contribution >= 0.6 is 0 Å². The van der Waals surface area contributed by atoms with Gasteiger partial charge >= 0.3 is 0 Å². The van der Waals surface area contributed by atoms with Crippen molar-refractivity contribution in [1.82, 2.24) is 15.3 Å². The predicted molar refractivity (Wildman–Crippen MR) is 130 cm³/mol. The minimum Gasteiger partial charge on any atom is -0.366 e. The molecule has 0 saturated carbocycles. The highest BCUT2D eigenvalue weighted by atomic mass is 16.1. The summed E-state index contributed by atoms with van der Waals surface area (Å²) in [5.74, 6) is -0.396. The Bertz CT molecular complexity index is 1300. The highest BCUT2D eigenvalue weighted by Gasteiger charge is 2.16. The number of nitrogens with two attached hydrogens (primary N) is 1. The second-order valence-electron chi connectivity index (χ2n) is 8.72. The van der Waals surface area contributed by atoms with E-state index >= 15 is 0 Å². The number of pyridine rings is 1. The minimum atomic E-state index is -0.396. The van der Waals surface area contributed by atoms with Crippen LogP contribution in [0.1, 0.15) is 52.4 Å². The summed E-state index contributed by atoms with van der Waals surface area (Å²) in [5, 5.41) is 4.68. The third-order valence-electron chi connectivity index (χ3n) is 6.83. The molecule has 0 bridgehead atoms. The summed E-state index contributed by atoms with van der Waals surface area (Å²) in [5.41, 5.74) is 14.7. The van der Waals surface area contributed by atoms with Gasteiger partial charge in [-0.05, 0) is 73.2 Å². The molecule has 4 N–H and O–H groups in total. The fourth-order valence-corrected chi connectivity index (χ4v) is 4.81. The van der Waals surface area contributed by atoms with Crippen molar-refractivity contribution in [3.05, 3.63) is 77.1 Å². The summed E-state index contributed by atoms with van der Waals surface area (Å²) in [6.07, 6.45) is 7.67. The number of rotatable bonds is 4. The van der Waals surface area contributed by atoms with E-state index in [0.29, 0.717) is 11.6 Å². The Balaban J connectivity index is 1.52. The smallest absolute Gasteiger partial charge is 0.248 e. The lowest BCUT2D eigenvalue weighted by atomic mass is 9.92. The maximum absolute atomic E-state index is 11.7. The van der Waals surface area contributed by atoms with Crippen molar-refractivity contribution in [1.29, 1.82) is 0 Å². The molecule has 162 valence electrons. The first-order valence-electron chi connectivity index (χ1n) is 11.2. The number of hydrogen-bond acceptors (Lipinski definition) is 3. The van der Waals surface area contributed by atoms with Gasteiger partial charge in [-0.1, -0.05) is 36.8 Å². The van der Waals surface area contributed by atoms with Gasteiger partial charge in [0.15, 0.2) is 0 Å². The van der Waals surface area contributed by atoms with Crippen molar-refractivity contribution >= 4 is 16.9 Å². The fraction of sp³-hybridized carbons (Fsp3) is 0.259. The van der Waals surface area contributed by atoms with Gasteiger partial charge in [0.2, 0.25) is 5.91 Å². The molecule has 0 spiro atoms. The van der Waals surface area contributed by atoms with Crippen LogP contribution in [0.5, 0.6) is 0 Å². The molecule has 32 heavy (non-hydrogen) atoms. The molecular weight excluding hydrogens is 396 g/mol. The van der Waals surface area contributed by atoms with E-state index < -0.39 is 5.91 Å². The Kier molecular flexibility index (Phi) is 5.27. The SMILES string of the molecule is Cc1c(C(N)=O)ccc(-c2c[nH]c3ncc(-c4ccc(C5CCCCN5)cc4)cc23)c1C. The van der Waals surface area contributed by atoms with Gasteiger partial charge in [0.1, 0.15) is 5.65 Å². The number of carbonyl (C=O) groups excluding carboxylic acids is 1. The Hall–Kier alpha value is -3.44. The molecule has 1 unspecified atom stereocenters. The molecule has 1 fully saturated rings. The number of nitrogens with one attached hydrogen (secondary N) is 2. The lowest BCUT2D eigenvalue weighted by Gasteiger charge is -2.24. The molecule has 0 aliphatic carbocycles. The van der Waals surface area contributed by atoms with Gasteiger partial charge in [-0.15, -0.1) is 0 Å². The number of carbonyl (C=O) groups is 1. The molecule has 1 aliphatic heterocycles. The van der Waals surface area contributed by atoms with Gasteiger partial charge in [-0.3, -0.25) is 4.79 Å². The molecule has 5 heteroatoms. The molecule has 5 nitrogen and oxygen atoms in total. The molecule has 1 atom stereocenters. The number of fused-ring (bicyclic) bond motifs is 1. The van der Waals surface area contributed by atoms with Crippen LogP contribution in [0.3, 0.4) is 0 Å². The number of piperidine rings is 1. The average Bonchev–Trinajstić information content (AvgIpc) is 3.24. The zero-order chi connectivity index (χ0) is 22.2. The van der Waals surface area contributed by atoms with Crippen LogP contribution in [-0.2, 0) is 0 Å². The van der Waals surface area contributed by atoms with Crippen LogP contribution in [0.15, 0.2) is 54.9 Å². The lowest BCUT2D eigenvalue weighted by molar-refractivity contribution is 0.0999. The predicted octanol–water partition coefficient (Wildman–Crippen LogP) is 5.43. The number of primary amides is 1. The van der Waals surface area contributed by atoms with Crippen molar-refractivity contribution in [3.8, 4) is 22.3 Å². The Morgan fingerprint density at radius 2 is 1.81 bits per heavy atom. The monoisotopic (exact) mass is 424 g/mol. The zero-order valence-corrected chi connectivity index (χ0v) is 18.5. The Labute approximate surface area is 188 Å². The Morgan fingerprint density at radius 1 is 1.00 bits per heavy atom. The second kappa shape index (κ2) is 8.24. The first-order chi connectivity index (χ1) is 15.5. The van der Waals surface area contributed by atoms with Crippen LogP contribution < -0.4 is 11.1 Å². The maximum atomic E-state index is 11.7. The minimum absolute atomic E-state index is 0.396. The van der Waals surface area contributed by atoms with Crippen molar-refractivity contribution in [2.45, 2.75) is 39.2 Å². The summed E-state index contributed by atoms with van der Waals surface area (Å²) in [6, 6.07) is 15.3. The summed E-state index contributed by atoms with van der Waals surface area (Å²) in [4.78, 5) is 19.7. The highest BCUT2D eigenvalue weighted by Crippen LogP contribution is 2.35. The lowest BCUT2D eigenvalue weighted by Crippen LogP contribution is -2.26. The van der Waals surface area contributed by atoms with Gasteiger partial charge in [0.05, 0.1) is 0 Å². The van der Waals surface area contributed by atoms with Gasteiger partial charge in [-0.2, -0.15) is 0 Å². The molecule has 5 rings (SSSR count). The summed E-state index contributed by atoms with van der Waals surface area (Å²) in [6.45, 7) is 5.08. The molecule has 1 amide bonds. The number of H-pyrrole nitrogens is 1. The summed E-state index contributed by atoms with van der Waals surface area (Å²) < 4.78 is 0. The van der Waals surface area contributed by atoms with Crippen LogP contribution in [0.4, 0.5) is 0 Å².